The molecule has 0 spiro atoms. The van der Waals surface area contributed by atoms with Gasteiger partial charge in [-0.05, 0) is 29.7 Å². The largest absolute Gasteiger partial charge is 0.497 e. The summed E-state index contributed by atoms with van der Waals surface area (Å²) >= 11 is 0. The normalized spacial score (nSPS) is 29.1. The predicted octanol–water partition coefficient (Wildman–Crippen LogP) is 3.88. The Balaban J connectivity index is 1.68. The molecule has 0 heterocycles. The van der Waals surface area contributed by atoms with Crippen LogP contribution < -0.4 is 4.74 Å². The van der Waals surface area contributed by atoms with Crippen LogP contribution in [0.15, 0.2) is 18.2 Å². The number of nitrogens with zero attached hydrogens (tertiary/aromatic N) is 1. The molecule has 3 aliphatic carbocycles. The number of quaternary nitrogens is 1. The zero-order valence-electron chi connectivity index (χ0n) is 13.6. The van der Waals surface area contributed by atoms with Crippen molar-refractivity contribution in [1.82, 2.24) is 0 Å². The molecule has 2 atom stereocenters. The molecule has 0 N–H and O–H groups in total. The van der Waals surface area contributed by atoms with E-state index in [4.69, 9.17) is 4.74 Å². The molecule has 0 radical (unpaired) electrons. The van der Waals surface area contributed by atoms with Gasteiger partial charge in [0.05, 0.1) is 32.3 Å². The van der Waals surface area contributed by atoms with Crippen molar-refractivity contribution < 1.29 is 9.22 Å². The van der Waals surface area contributed by atoms with Crippen molar-refractivity contribution in [3.05, 3.63) is 29.3 Å². The lowest BCUT2D eigenvalue weighted by molar-refractivity contribution is -0.955. The molecular weight excluding hydrogens is 258 g/mol. The van der Waals surface area contributed by atoms with E-state index in [0.29, 0.717) is 5.92 Å². The molecule has 0 saturated heterocycles. The molecule has 0 bridgehead atoms. The van der Waals surface area contributed by atoms with Crippen molar-refractivity contribution in [2.45, 2.75) is 69.5 Å². The van der Waals surface area contributed by atoms with E-state index in [2.05, 4.69) is 32.2 Å². The van der Waals surface area contributed by atoms with Crippen LogP contribution in [-0.2, 0) is 6.42 Å². The molecule has 2 fully saturated rings. The van der Waals surface area contributed by atoms with Crippen LogP contribution in [0.25, 0.3) is 0 Å². The molecule has 2 nitrogen and oxygen atoms in total. The van der Waals surface area contributed by atoms with Gasteiger partial charge < -0.3 is 9.22 Å². The van der Waals surface area contributed by atoms with E-state index >= 15 is 0 Å². The molecular formula is C19H28NO+. The highest BCUT2D eigenvalue weighted by molar-refractivity contribution is 5.40. The first-order valence-corrected chi connectivity index (χ1v) is 8.67. The number of hydrogen-bond donors (Lipinski definition) is 0. The Hall–Kier alpha value is -1.02. The molecule has 21 heavy (non-hydrogen) atoms. The number of fused-ring (bicyclic) bond motifs is 1. The summed E-state index contributed by atoms with van der Waals surface area (Å²) < 4.78 is 6.84. The Morgan fingerprint density at radius 3 is 2.29 bits per heavy atom. The zero-order valence-corrected chi connectivity index (χ0v) is 13.6. The van der Waals surface area contributed by atoms with Crippen LogP contribution >= 0.6 is 0 Å². The number of likely N-dealkylation sites (N-methyl/N-ethyl adjacent to an activating group) is 1. The van der Waals surface area contributed by atoms with Crippen LogP contribution in [0.1, 0.15) is 56.1 Å². The lowest BCUT2D eigenvalue weighted by Gasteiger charge is -2.47. The number of hydrogen-bond acceptors (Lipinski definition) is 1. The summed E-state index contributed by atoms with van der Waals surface area (Å²) in [6, 6.07) is 9.44. The molecule has 1 aromatic carbocycles. The Morgan fingerprint density at radius 2 is 1.71 bits per heavy atom. The second-order valence-corrected chi connectivity index (χ2v) is 7.64. The SMILES string of the molecule is COc1ccc2c(c1)[C@@H](C)[C@@H]([N+](C)(C1CC1)C1CC1)CC2. The third kappa shape index (κ3) is 2.11. The first kappa shape index (κ1) is 13.6. The van der Waals surface area contributed by atoms with Crippen molar-refractivity contribution in [2.75, 3.05) is 14.2 Å². The zero-order chi connectivity index (χ0) is 14.6. The third-order valence-electron chi connectivity index (χ3n) is 6.51. The highest BCUT2D eigenvalue weighted by Crippen LogP contribution is 2.50. The molecule has 0 amide bonds. The highest BCUT2D eigenvalue weighted by atomic mass is 16.5. The summed E-state index contributed by atoms with van der Waals surface area (Å²) in [6.07, 6.45) is 8.45. The number of aryl methyl sites for hydroxylation is 1. The number of rotatable bonds is 4. The van der Waals surface area contributed by atoms with Gasteiger partial charge >= 0.3 is 0 Å². The highest BCUT2D eigenvalue weighted by Gasteiger charge is 2.56. The van der Waals surface area contributed by atoms with Gasteiger partial charge in [0.1, 0.15) is 5.75 Å². The van der Waals surface area contributed by atoms with E-state index in [1.54, 1.807) is 18.2 Å². The second kappa shape index (κ2) is 4.74. The van der Waals surface area contributed by atoms with Gasteiger partial charge in [0, 0.05) is 38.0 Å². The average Bonchev–Trinajstić information content (AvgIpc) is 3.39. The van der Waals surface area contributed by atoms with Gasteiger partial charge in [0.25, 0.3) is 0 Å². The fourth-order valence-corrected chi connectivity index (χ4v) is 4.97. The summed E-state index contributed by atoms with van der Waals surface area (Å²) in [4.78, 5) is 0. The van der Waals surface area contributed by atoms with E-state index in [-0.39, 0.29) is 0 Å². The number of ether oxygens (including phenoxy) is 1. The lowest BCUT2D eigenvalue weighted by atomic mass is 9.78. The van der Waals surface area contributed by atoms with Gasteiger partial charge in [0.15, 0.2) is 0 Å². The maximum absolute atomic E-state index is 5.46. The van der Waals surface area contributed by atoms with E-state index in [1.165, 1.54) is 43.0 Å². The van der Waals surface area contributed by atoms with Gasteiger partial charge in [0.2, 0.25) is 0 Å². The standard InChI is InChI=1S/C19H28NO/c1-13-18-12-17(21-3)10-4-14(18)5-11-19(13)20(2,15-6-7-15)16-8-9-16/h4,10,12-13,15-16,19H,5-9,11H2,1-3H3/q+1/t13-,19+/m1/s1. The van der Waals surface area contributed by atoms with Crippen molar-refractivity contribution in [2.24, 2.45) is 0 Å². The lowest BCUT2D eigenvalue weighted by Crippen LogP contribution is -2.58. The van der Waals surface area contributed by atoms with Crippen LogP contribution in [0.5, 0.6) is 5.75 Å². The summed E-state index contributed by atoms with van der Waals surface area (Å²) in [6.45, 7) is 2.46. The Kier molecular flexibility index (Phi) is 3.08. The van der Waals surface area contributed by atoms with Crippen molar-refractivity contribution in [3.63, 3.8) is 0 Å². The molecule has 2 saturated carbocycles. The van der Waals surface area contributed by atoms with Gasteiger partial charge in [-0.25, -0.2) is 0 Å². The molecule has 1 aromatic rings. The van der Waals surface area contributed by atoms with E-state index in [9.17, 15) is 0 Å². The molecule has 0 unspecified atom stereocenters. The molecule has 4 rings (SSSR count). The molecule has 0 aliphatic heterocycles. The van der Waals surface area contributed by atoms with Crippen LogP contribution in [0.2, 0.25) is 0 Å². The first-order chi connectivity index (χ1) is 10.1. The van der Waals surface area contributed by atoms with E-state index in [1.807, 2.05) is 0 Å². The molecule has 2 heteroatoms. The monoisotopic (exact) mass is 286 g/mol. The smallest absolute Gasteiger partial charge is 0.119 e. The minimum atomic E-state index is 0.662. The summed E-state index contributed by atoms with van der Waals surface area (Å²) in [5, 5.41) is 0. The molecule has 0 aromatic heterocycles. The number of benzene rings is 1. The van der Waals surface area contributed by atoms with Gasteiger partial charge in [-0.1, -0.05) is 13.0 Å². The van der Waals surface area contributed by atoms with Crippen molar-refractivity contribution in [1.29, 1.82) is 0 Å². The first-order valence-electron chi connectivity index (χ1n) is 8.67. The molecule has 114 valence electrons. The summed E-state index contributed by atoms with van der Waals surface area (Å²) in [7, 11) is 4.35. The second-order valence-electron chi connectivity index (χ2n) is 7.64. The summed E-state index contributed by atoms with van der Waals surface area (Å²) in [5.41, 5.74) is 3.11. The minimum absolute atomic E-state index is 0.662. The third-order valence-corrected chi connectivity index (χ3v) is 6.51. The van der Waals surface area contributed by atoms with Gasteiger partial charge in [-0.2, -0.15) is 0 Å². The number of methoxy groups -OCH3 is 1. The Morgan fingerprint density at radius 1 is 1.05 bits per heavy atom. The van der Waals surface area contributed by atoms with E-state index < -0.39 is 0 Å². The Labute approximate surface area is 128 Å². The van der Waals surface area contributed by atoms with Crippen LogP contribution in [0.4, 0.5) is 0 Å². The van der Waals surface area contributed by atoms with Crippen LogP contribution in [0.3, 0.4) is 0 Å². The van der Waals surface area contributed by atoms with Crippen LogP contribution in [-0.4, -0.2) is 36.8 Å². The summed E-state index contributed by atoms with van der Waals surface area (Å²) in [5.74, 6) is 1.68. The minimum Gasteiger partial charge on any atom is -0.497 e. The van der Waals surface area contributed by atoms with Crippen molar-refractivity contribution in [3.8, 4) is 5.75 Å². The van der Waals surface area contributed by atoms with Crippen molar-refractivity contribution >= 4 is 0 Å². The predicted molar refractivity (Wildman–Crippen MR) is 85.7 cm³/mol. The van der Waals surface area contributed by atoms with Gasteiger partial charge in [-0.15, -0.1) is 0 Å². The van der Waals surface area contributed by atoms with E-state index in [0.717, 1.165) is 23.9 Å². The molecule has 3 aliphatic rings. The fourth-order valence-electron chi connectivity index (χ4n) is 4.97. The maximum atomic E-state index is 5.46. The van der Waals surface area contributed by atoms with Gasteiger partial charge in [-0.3, -0.25) is 0 Å². The quantitative estimate of drug-likeness (QED) is 0.763. The van der Waals surface area contributed by atoms with Crippen LogP contribution in [0, 0.1) is 0 Å². The fraction of sp³-hybridized carbons (Fsp3) is 0.684. The Bertz CT molecular complexity index is 532. The average molecular weight is 286 g/mol. The topological polar surface area (TPSA) is 9.23 Å². The maximum Gasteiger partial charge on any atom is 0.119 e.